The van der Waals surface area contributed by atoms with Gasteiger partial charge in [-0.05, 0) is 36.3 Å². The Morgan fingerprint density at radius 3 is 2.28 bits per heavy atom. The number of carbonyl (C=O) groups is 1. The Morgan fingerprint density at radius 1 is 1.07 bits per heavy atom. The molecule has 0 saturated heterocycles. The van der Waals surface area contributed by atoms with E-state index in [1.54, 1.807) is 31.2 Å². The van der Waals surface area contributed by atoms with Gasteiger partial charge in [0.25, 0.3) is 5.56 Å². The molecule has 2 heterocycles. The van der Waals surface area contributed by atoms with E-state index in [0.29, 0.717) is 43.7 Å². The molecule has 0 spiro atoms. The summed E-state index contributed by atoms with van der Waals surface area (Å²) in [5.41, 5.74) is 1.01. The Labute approximate surface area is 170 Å². The molecule has 0 amide bonds. The predicted molar refractivity (Wildman–Crippen MR) is 111 cm³/mol. The number of aromatic amines is 1. The van der Waals surface area contributed by atoms with Gasteiger partial charge in [-0.2, -0.15) is 0 Å². The Morgan fingerprint density at radius 2 is 1.72 bits per heavy atom. The molecule has 1 aromatic carbocycles. The summed E-state index contributed by atoms with van der Waals surface area (Å²) < 4.78 is 20.8. The Hall–Kier alpha value is -3.33. The van der Waals surface area contributed by atoms with E-state index in [1.165, 1.54) is 28.4 Å². The van der Waals surface area contributed by atoms with Gasteiger partial charge < -0.3 is 23.9 Å². The van der Waals surface area contributed by atoms with E-state index in [1.807, 2.05) is 0 Å². The second-order valence-electron chi connectivity index (χ2n) is 5.97. The smallest absolute Gasteiger partial charge is 0.348 e. The lowest BCUT2D eigenvalue weighted by molar-refractivity contribution is 0.0605. The van der Waals surface area contributed by atoms with Crippen LogP contribution in [0.3, 0.4) is 0 Å². The van der Waals surface area contributed by atoms with Gasteiger partial charge in [-0.1, -0.05) is 6.08 Å². The standard InChI is InChI=1S/C20H20N2O6S/c1-10-15-18(23)21-14(22-19(15)29-17(10)20(24)28-5)7-6-11-8-12(25-2)16(27-4)13(9-11)26-3/h6-9H,1-5H3,(H,21,22,23)/b7-6+. The topological polar surface area (TPSA) is 99.7 Å². The molecule has 3 rings (SSSR count). The summed E-state index contributed by atoms with van der Waals surface area (Å²) in [5, 5.41) is 0.389. The molecule has 0 aliphatic heterocycles. The van der Waals surface area contributed by atoms with Gasteiger partial charge in [0.1, 0.15) is 15.5 Å². The zero-order valence-electron chi connectivity index (χ0n) is 16.6. The van der Waals surface area contributed by atoms with Gasteiger partial charge in [0.15, 0.2) is 11.5 Å². The lowest BCUT2D eigenvalue weighted by Crippen LogP contribution is -2.09. The average Bonchev–Trinajstić information content (AvgIpc) is 3.07. The first-order chi connectivity index (χ1) is 13.9. The van der Waals surface area contributed by atoms with E-state index < -0.39 is 5.97 Å². The third kappa shape index (κ3) is 3.81. The number of ether oxygens (including phenoxy) is 4. The van der Waals surface area contributed by atoms with Crippen LogP contribution in [0.5, 0.6) is 17.2 Å². The number of benzene rings is 1. The van der Waals surface area contributed by atoms with E-state index in [2.05, 4.69) is 9.97 Å². The number of carbonyl (C=O) groups excluding carboxylic acids is 1. The van der Waals surface area contributed by atoms with Crippen LogP contribution in [-0.4, -0.2) is 44.4 Å². The molecule has 29 heavy (non-hydrogen) atoms. The van der Waals surface area contributed by atoms with Gasteiger partial charge in [-0.3, -0.25) is 4.79 Å². The Balaban J connectivity index is 2.03. The largest absolute Gasteiger partial charge is 0.493 e. The molecule has 0 bridgehead atoms. The van der Waals surface area contributed by atoms with Crippen molar-refractivity contribution >= 4 is 39.7 Å². The van der Waals surface area contributed by atoms with Crippen LogP contribution in [0.25, 0.3) is 22.4 Å². The summed E-state index contributed by atoms with van der Waals surface area (Å²) in [6.45, 7) is 1.70. The minimum atomic E-state index is -0.487. The summed E-state index contributed by atoms with van der Waals surface area (Å²) in [6, 6.07) is 3.55. The van der Waals surface area contributed by atoms with E-state index >= 15 is 0 Å². The molecule has 0 saturated carbocycles. The summed E-state index contributed by atoms with van der Waals surface area (Å²) in [4.78, 5) is 32.4. The van der Waals surface area contributed by atoms with Crippen molar-refractivity contribution in [1.82, 2.24) is 9.97 Å². The van der Waals surface area contributed by atoms with Crippen LogP contribution in [0.2, 0.25) is 0 Å². The second-order valence-corrected chi connectivity index (χ2v) is 6.97. The highest BCUT2D eigenvalue weighted by molar-refractivity contribution is 7.20. The van der Waals surface area contributed by atoms with Crippen LogP contribution in [0, 0.1) is 6.92 Å². The molecule has 0 aliphatic carbocycles. The predicted octanol–water partition coefficient (Wildman–Crippen LogP) is 3.28. The van der Waals surface area contributed by atoms with Gasteiger partial charge >= 0.3 is 5.97 Å². The van der Waals surface area contributed by atoms with Crippen LogP contribution in [0.1, 0.15) is 26.6 Å². The first-order valence-corrected chi connectivity index (χ1v) is 9.35. The molecular formula is C20H20N2O6S. The van der Waals surface area contributed by atoms with Gasteiger partial charge in [-0.25, -0.2) is 9.78 Å². The average molecular weight is 416 g/mol. The highest BCUT2D eigenvalue weighted by Crippen LogP contribution is 2.38. The molecule has 0 aliphatic rings. The molecule has 0 atom stereocenters. The maximum Gasteiger partial charge on any atom is 0.348 e. The summed E-state index contributed by atoms with van der Waals surface area (Å²) in [6.07, 6.45) is 3.42. The number of aryl methyl sites for hydroxylation is 1. The van der Waals surface area contributed by atoms with Crippen molar-refractivity contribution in [2.45, 2.75) is 6.92 Å². The fourth-order valence-corrected chi connectivity index (χ4v) is 4.01. The lowest BCUT2D eigenvalue weighted by Gasteiger charge is -2.12. The van der Waals surface area contributed by atoms with Crippen molar-refractivity contribution in [2.24, 2.45) is 0 Å². The Kier molecular flexibility index (Phi) is 5.88. The molecule has 1 N–H and O–H groups in total. The summed E-state index contributed by atoms with van der Waals surface area (Å²) >= 11 is 1.13. The zero-order valence-corrected chi connectivity index (χ0v) is 17.4. The maximum absolute atomic E-state index is 12.5. The first kappa shape index (κ1) is 20.4. The van der Waals surface area contributed by atoms with Gasteiger partial charge in [-0.15, -0.1) is 11.3 Å². The Bertz CT molecular complexity index is 1140. The lowest BCUT2D eigenvalue weighted by atomic mass is 10.1. The number of thiophene rings is 1. The molecule has 8 nitrogen and oxygen atoms in total. The normalized spacial score (nSPS) is 11.1. The van der Waals surface area contributed by atoms with E-state index in [-0.39, 0.29) is 5.56 Å². The van der Waals surface area contributed by atoms with E-state index in [9.17, 15) is 9.59 Å². The fourth-order valence-electron chi connectivity index (χ4n) is 2.90. The molecule has 2 aromatic heterocycles. The highest BCUT2D eigenvalue weighted by atomic mass is 32.1. The number of H-pyrrole nitrogens is 1. The third-order valence-electron chi connectivity index (χ3n) is 4.31. The van der Waals surface area contributed by atoms with E-state index in [4.69, 9.17) is 18.9 Å². The maximum atomic E-state index is 12.5. The molecule has 0 fully saturated rings. The van der Waals surface area contributed by atoms with Crippen LogP contribution in [0.4, 0.5) is 0 Å². The second kappa shape index (κ2) is 8.36. The summed E-state index contributed by atoms with van der Waals surface area (Å²) in [5.74, 6) is 1.39. The van der Waals surface area contributed by atoms with Crippen LogP contribution < -0.4 is 19.8 Å². The molecule has 0 unspecified atom stereocenters. The van der Waals surface area contributed by atoms with Crippen LogP contribution in [0.15, 0.2) is 16.9 Å². The highest BCUT2D eigenvalue weighted by Gasteiger charge is 2.19. The number of hydrogen-bond donors (Lipinski definition) is 1. The number of fused-ring (bicyclic) bond motifs is 1. The molecule has 152 valence electrons. The van der Waals surface area contributed by atoms with Gasteiger partial charge in [0, 0.05) is 0 Å². The van der Waals surface area contributed by atoms with Gasteiger partial charge in [0.2, 0.25) is 5.75 Å². The van der Waals surface area contributed by atoms with Crippen molar-refractivity contribution in [1.29, 1.82) is 0 Å². The third-order valence-corrected chi connectivity index (χ3v) is 5.48. The number of rotatable bonds is 6. The van der Waals surface area contributed by atoms with Gasteiger partial charge in [0.05, 0.1) is 33.8 Å². The molecule has 0 radical (unpaired) electrons. The van der Waals surface area contributed by atoms with Crippen molar-refractivity contribution in [3.63, 3.8) is 0 Å². The number of hydrogen-bond acceptors (Lipinski definition) is 8. The number of aromatic nitrogens is 2. The van der Waals surface area contributed by atoms with Crippen LogP contribution in [-0.2, 0) is 4.74 Å². The van der Waals surface area contributed by atoms with Crippen LogP contribution >= 0.6 is 11.3 Å². The minimum absolute atomic E-state index is 0.316. The zero-order chi connectivity index (χ0) is 21.1. The van der Waals surface area contributed by atoms with Crippen molar-refractivity contribution in [3.8, 4) is 17.2 Å². The van der Waals surface area contributed by atoms with Crippen molar-refractivity contribution < 1.29 is 23.7 Å². The number of nitrogens with one attached hydrogen (secondary N) is 1. The van der Waals surface area contributed by atoms with Crippen molar-refractivity contribution in [2.75, 3.05) is 28.4 Å². The fraction of sp³-hybridized carbons (Fsp3) is 0.250. The number of methoxy groups -OCH3 is 4. The molecule has 9 heteroatoms. The first-order valence-electron chi connectivity index (χ1n) is 8.53. The molecular weight excluding hydrogens is 396 g/mol. The molecule has 3 aromatic rings. The summed E-state index contributed by atoms with van der Waals surface area (Å²) in [7, 11) is 5.91. The monoisotopic (exact) mass is 416 g/mol. The van der Waals surface area contributed by atoms with E-state index in [0.717, 1.165) is 16.9 Å². The van der Waals surface area contributed by atoms with Crippen molar-refractivity contribution in [3.05, 3.63) is 44.3 Å². The SMILES string of the molecule is COC(=O)c1sc2nc(/C=C/c3cc(OC)c(OC)c(OC)c3)[nH]c(=O)c2c1C. The number of esters is 1. The minimum Gasteiger partial charge on any atom is -0.493 e. The number of nitrogens with zero attached hydrogens (tertiary/aromatic N) is 1. The quantitative estimate of drug-likeness (QED) is 0.616.